The number of aromatic amines is 1. The Bertz CT molecular complexity index is 815. The molecule has 0 atom stereocenters. The number of halogens is 1. The third kappa shape index (κ3) is 5.66. The molecule has 29 heavy (non-hydrogen) atoms. The second kappa shape index (κ2) is 9.85. The van der Waals surface area contributed by atoms with Gasteiger partial charge in [-0.3, -0.25) is 9.89 Å². The van der Waals surface area contributed by atoms with Gasteiger partial charge in [0.25, 0.3) is 0 Å². The lowest BCUT2D eigenvalue weighted by atomic mass is 10.0. The first-order chi connectivity index (χ1) is 14.2. The topological polar surface area (TPSA) is 65.1 Å². The number of piperazine rings is 1. The van der Waals surface area contributed by atoms with Crippen LogP contribution in [-0.2, 0) is 11.2 Å². The number of H-pyrrole nitrogens is 1. The largest absolute Gasteiger partial charge is 0.368 e. The highest BCUT2D eigenvalue weighted by Crippen LogP contribution is 2.28. The van der Waals surface area contributed by atoms with Gasteiger partial charge < -0.3 is 9.80 Å². The molecule has 1 aromatic carbocycles. The van der Waals surface area contributed by atoms with Gasteiger partial charge in [0.1, 0.15) is 5.82 Å². The smallest absolute Gasteiger partial charge is 0.233 e. The summed E-state index contributed by atoms with van der Waals surface area (Å²) in [7, 11) is 0. The Hall–Kier alpha value is -1.73. The quantitative estimate of drug-likeness (QED) is 0.668. The molecule has 4 rings (SSSR count). The van der Waals surface area contributed by atoms with Gasteiger partial charge in [0, 0.05) is 43.3 Å². The third-order valence-corrected chi connectivity index (χ3v) is 6.97. The molecular formula is C21H28ClN5OS. The van der Waals surface area contributed by atoms with Gasteiger partial charge in [-0.1, -0.05) is 55.1 Å². The van der Waals surface area contributed by atoms with Gasteiger partial charge in [-0.2, -0.15) is 0 Å². The number of aromatic nitrogens is 3. The molecule has 1 aliphatic heterocycles. The number of nitrogens with one attached hydrogen (secondary N) is 1. The van der Waals surface area contributed by atoms with Crippen LogP contribution in [0.15, 0.2) is 29.4 Å². The van der Waals surface area contributed by atoms with Crippen LogP contribution in [0.5, 0.6) is 0 Å². The normalized spacial score (nSPS) is 17.8. The van der Waals surface area contributed by atoms with E-state index in [4.69, 9.17) is 11.6 Å². The molecule has 2 heterocycles. The van der Waals surface area contributed by atoms with E-state index >= 15 is 0 Å². The average Bonchev–Trinajstić information content (AvgIpc) is 3.42. The molecule has 1 aromatic heterocycles. The Balaban J connectivity index is 1.19. The van der Waals surface area contributed by atoms with Gasteiger partial charge in [-0.15, -0.1) is 5.10 Å². The van der Waals surface area contributed by atoms with Crippen molar-refractivity contribution in [3.63, 3.8) is 0 Å². The van der Waals surface area contributed by atoms with Crippen LogP contribution in [0.2, 0.25) is 5.02 Å². The highest BCUT2D eigenvalue weighted by atomic mass is 35.5. The van der Waals surface area contributed by atoms with Crippen molar-refractivity contribution in [3.05, 3.63) is 35.1 Å². The van der Waals surface area contributed by atoms with Crippen molar-refractivity contribution in [1.29, 1.82) is 0 Å². The molecule has 0 radical (unpaired) electrons. The molecule has 1 aliphatic carbocycles. The van der Waals surface area contributed by atoms with Crippen molar-refractivity contribution in [1.82, 2.24) is 20.1 Å². The van der Waals surface area contributed by atoms with Crippen molar-refractivity contribution in [2.75, 3.05) is 36.8 Å². The van der Waals surface area contributed by atoms with E-state index in [1.54, 1.807) is 0 Å². The molecule has 2 aliphatic rings. The zero-order valence-electron chi connectivity index (χ0n) is 16.6. The van der Waals surface area contributed by atoms with Crippen molar-refractivity contribution >= 4 is 35.0 Å². The SMILES string of the molecule is O=C(CSc1n[nH]c(CCC2CCCC2)n1)N1CCN(c2cccc(Cl)c2)CC1. The Morgan fingerprint density at radius 2 is 2.00 bits per heavy atom. The Kier molecular flexibility index (Phi) is 6.98. The Morgan fingerprint density at radius 1 is 1.21 bits per heavy atom. The first kappa shape index (κ1) is 20.5. The van der Waals surface area contributed by atoms with E-state index in [-0.39, 0.29) is 5.91 Å². The van der Waals surface area contributed by atoms with E-state index in [9.17, 15) is 4.79 Å². The average molecular weight is 434 g/mol. The third-order valence-electron chi connectivity index (χ3n) is 5.91. The summed E-state index contributed by atoms with van der Waals surface area (Å²) in [5.74, 6) is 2.33. The number of thioether (sulfide) groups is 1. The summed E-state index contributed by atoms with van der Waals surface area (Å²) in [5, 5.41) is 8.73. The lowest BCUT2D eigenvalue weighted by Gasteiger charge is -2.36. The summed E-state index contributed by atoms with van der Waals surface area (Å²) in [4.78, 5) is 21.3. The summed E-state index contributed by atoms with van der Waals surface area (Å²) < 4.78 is 0. The van der Waals surface area contributed by atoms with Gasteiger partial charge in [0.05, 0.1) is 5.75 Å². The number of nitrogens with zero attached hydrogens (tertiary/aromatic N) is 4. The fraction of sp³-hybridized carbons (Fsp3) is 0.571. The van der Waals surface area contributed by atoms with Crippen LogP contribution in [-0.4, -0.2) is 57.9 Å². The molecule has 1 saturated carbocycles. The van der Waals surface area contributed by atoms with Crippen molar-refractivity contribution in [2.45, 2.75) is 43.7 Å². The lowest BCUT2D eigenvalue weighted by Crippen LogP contribution is -2.49. The molecule has 6 nitrogen and oxygen atoms in total. The maximum atomic E-state index is 12.6. The summed E-state index contributed by atoms with van der Waals surface area (Å²) in [5.41, 5.74) is 1.12. The minimum absolute atomic E-state index is 0.151. The first-order valence-corrected chi connectivity index (χ1v) is 11.9. The van der Waals surface area contributed by atoms with E-state index in [0.29, 0.717) is 10.9 Å². The molecule has 0 unspecified atom stereocenters. The number of amides is 1. The van der Waals surface area contributed by atoms with E-state index in [2.05, 4.69) is 26.1 Å². The van der Waals surface area contributed by atoms with Crippen LogP contribution in [0.1, 0.15) is 37.9 Å². The number of benzene rings is 1. The van der Waals surface area contributed by atoms with E-state index in [1.807, 2.05) is 23.1 Å². The van der Waals surface area contributed by atoms with Crippen LogP contribution >= 0.6 is 23.4 Å². The predicted molar refractivity (Wildman–Crippen MR) is 118 cm³/mol. The fourth-order valence-electron chi connectivity index (χ4n) is 4.20. The Morgan fingerprint density at radius 3 is 2.76 bits per heavy atom. The number of carbonyl (C=O) groups excluding carboxylic acids is 1. The minimum Gasteiger partial charge on any atom is -0.368 e. The number of hydrogen-bond acceptors (Lipinski definition) is 5. The summed E-state index contributed by atoms with van der Waals surface area (Å²) in [6, 6.07) is 7.88. The standard InChI is InChI=1S/C21H28ClN5OS/c22-17-6-3-7-18(14-17)26-10-12-27(13-11-26)20(28)15-29-21-23-19(24-25-21)9-8-16-4-1-2-5-16/h3,6-7,14,16H,1-2,4-5,8-13,15H2,(H,23,24,25). The van der Waals surface area contributed by atoms with E-state index < -0.39 is 0 Å². The number of anilines is 1. The number of aryl methyl sites for hydroxylation is 1. The zero-order chi connectivity index (χ0) is 20.1. The summed E-state index contributed by atoms with van der Waals surface area (Å²) in [6.45, 7) is 3.10. The van der Waals surface area contributed by atoms with E-state index in [0.717, 1.165) is 55.1 Å². The number of rotatable bonds is 7. The molecular weight excluding hydrogens is 406 g/mol. The van der Waals surface area contributed by atoms with Crippen LogP contribution in [0.4, 0.5) is 5.69 Å². The lowest BCUT2D eigenvalue weighted by molar-refractivity contribution is -0.128. The molecule has 2 fully saturated rings. The van der Waals surface area contributed by atoms with Crippen LogP contribution in [0.25, 0.3) is 0 Å². The maximum Gasteiger partial charge on any atom is 0.233 e. The maximum absolute atomic E-state index is 12.6. The minimum atomic E-state index is 0.151. The summed E-state index contributed by atoms with van der Waals surface area (Å²) in [6.07, 6.45) is 7.60. The molecule has 1 N–H and O–H groups in total. The van der Waals surface area contributed by atoms with Crippen molar-refractivity contribution in [2.24, 2.45) is 5.92 Å². The highest BCUT2D eigenvalue weighted by molar-refractivity contribution is 7.99. The van der Waals surface area contributed by atoms with Crippen molar-refractivity contribution in [3.8, 4) is 0 Å². The molecule has 8 heteroatoms. The van der Waals surface area contributed by atoms with Gasteiger partial charge in [0.15, 0.2) is 0 Å². The second-order valence-electron chi connectivity index (χ2n) is 7.89. The van der Waals surface area contributed by atoms with Crippen LogP contribution in [0, 0.1) is 5.92 Å². The number of hydrogen-bond donors (Lipinski definition) is 1. The molecule has 0 spiro atoms. The van der Waals surface area contributed by atoms with Gasteiger partial charge >= 0.3 is 0 Å². The van der Waals surface area contributed by atoms with Crippen molar-refractivity contribution < 1.29 is 4.79 Å². The first-order valence-electron chi connectivity index (χ1n) is 10.5. The van der Waals surface area contributed by atoms with Gasteiger partial charge in [0.2, 0.25) is 11.1 Å². The molecule has 156 valence electrons. The zero-order valence-corrected chi connectivity index (χ0v) is 18.2. The van der Waals surface area contributed by atoms with Gasteiger partial charge in [-0.05, 0) is 30.5 Å². The molecule has 1 saturated heterocycles. The van der Waals surface area contributed by atoms with Gasteiger partial charge in [-0.25, -0.2) is 4.98 Å². The highest BCUT2D eigenvalue weighted by Gasteiger charge is 2.22. The molecule has 1 amide bonds. The predicted octanol–water partition coefficient (Wildman–Crippen LogP) is 4.02. The van der Waals surface area contributed by atoms with E-state index in [1.165, 1.54) is 43.9 Å². The van der Waals surface area contributed by atoms with Crippen LogP contribution < -0.4 is 4.90 Å². The van der Waals surface area contributed by atoms with Crippen LogP contribution in [0.3, 0.4) is 0 Å². The Labute approximate surface area is 181 Å². The summed E-state index contributed by atoms with van der Waals surface area (Å²) >= 11 is 7.51. The fourth-order valence-corrected chi connectivity index (χ4v) is 5.10. The second-order valence-corrected chi connectivity index (χ2v) is 9.27. The molecule has 2 aromatic rings. The monoisotopic (exact) mass is 433 g/mol. The molecule has 0 bridgehead atoms. The number of carbonyl (C=O) groups is 1.